The molecule has 106 valence electrons. The average molecular weight is 278 g/mol. The molecule has 0 amide bonds. The maximum atomic E-state index is 3.62. The average Bonchev–Trinajstić information content (AvgIpc) is 3.33. The molecular weight excluding hydrogens is 252 g/mol. The molecule has 2 nitrogen and oxygen atoms in total. The molecule has 0 bridgehead atoms. The zero-order valence-electron chi connectivity index (χ0n) is 12.0. The molecule has 0 radical (unpaired) electrons. The van der Waals surface area contributed by atoms with Crippen LogP contribution in [0.2, 0.25) is 0 Å². The van der Waals surface area contributed by atoms with Crippen LogP contribution < -0.4 is 5.32 Å². The molecule has 2 fully saturated rings. The molecule has 0 saturated heterocycles. The summed E-state index contributed by atoms with van der Waals surface area (Å²) in [5.41, 5.74) is 0. The van der Waals surface area contributed by atoms with Gasteiger partial charge in [0.05, 0.1) is 0 Å². The van der Waals surface area contributed by atoms with Gasteiger partial charge in [0.2, 0.25) is 0 Å². The molecule has 1 aromatic heterocycles. The summed E-state index contributed by atoms with van der Waals surface area (Å²) in [6.07, 6.45) is 8.29. The third-order valence-corrected chi connectivity index (χ3v) is 5.17. The Morgan fingerprint density at radius 2 is 2.21 bits per heavy atom. The van der Waals surface area contributed by atoms with E-state index in [9.17, 15) is 0 Å². The standard InChI is InChI=1S/C16H26N2S/c1-13(4-2-10-17-14-6-7-14)18(15-8-9-15)12-16-5-3-11-19-16/h3,5,11,13-15,17H,2,4,6-10,12H2,1H3. The highest BCUT2D eigenvalue weighted by atomic mass is 32.1. The van der Waals surface area contributed by atoms with E-state index in [1.165, 1.54) is 56.5 Å². The molecule has 19 heavy (non-hydrogen) atoms. The van der Waals surface area contributed by atoms with Crippen molar-refractivity contribution < 1.29 is 0 Å². The molecule has 0 spiro atoms. The monoisotopic (exact) mass is 278 g/mol. The molecule has 1 atom stereocenters. The van der Waals surface area contributed by atoms with Gasteiger partial charge < -0.3 is 5.32 Å². The Kier molecular flexibility index (Phi) is 4.57. The molecular formula is C16H26N2S. The van der Waals surface area contributed by atoms with E-state index >= 15 is 0 Å². The van der Waals surface area contributed by atoms with Gasteiger partial charge in [-0.2, -0.15) is 0 Å². The summed E-state index contributed by atoms with van der Waals surface area (Å²) in [5.74, 6) is 0. The second kappa shape index (κ2) is 6.38. The quantitative estimate of drug-likeness (QED) is 0.694. The van der Waals surface area contributed by atoms with Crippen LogP contribution in [-0.4, -0.2) is 29.6 Å². The van der Waals surface area contributed by atoms with Crippen molar-refractivity contribution in [2.75, 3.05) is 6.54 Å². The summed E-state index contributed by atoms with van der Waals surface area (Å²) in [6.45, 7) is 4.80. The highest BCUT2D eigenvalue weighted by molar-refractivity contribution is 7.09. The summed E-state index contributed by atoms with van der Waals surface area (Å²) in [4.78, 5) is 4.26. The maximum Gasteiger partial charge on any atom is 0.0333 e. The second-order valence-corrected chi connectivity index (χ2v) is 7.23. The van der Waals surface area contributed by atoms with Gasteiger partial charge >= 0.3 is 0 Å². The van der Waals surface area contributed by atoms with Gasteiger partial charge in [0.1, 0.15) is 0 Å². The third kappa shape index (κ3) is 4.30. The Balaban J connectivity index is 1.42. The van der Waals surface area contributed by atoms with Gasteiger partial charge in [-0.3, -0.25) is 4.90 Å². The van der Waals surface area contributed by atoms with E-state index in [0.29, 0.717) is 0 Å². The van der Waals surface area contributed by atoms with Crippen molar-refractivity contribution in [1.29, 1.82) is 0 Å². The Labute approximate surface area is 121 Å². The van der Waals surface area contributed by atoms with Crippen molar-refractivity contribution in [1.82, 2.24) is 10.2 Å². The van der Waals surface area contributed by atoms with Crippen molar-refractivity contribution in [3.05, 3.63) is 22.4 Å². The van der Waals surface area contributed by atoms with Gasteiger partial charge in [-0.1, -0.05) is 6.07 Å². The molecule has 1 aromatic rings. The Bertz CT molecular complexity index is 368. The molecule has 0 aromatic carbocycles. The van der Waals surface area contributed by atoms with Crippen molar-refractivity contribution in [3.8, 4) is 0 Å². The first-order valence-electron chi connectivity index (χ1n) is 7.84. The van der Waals surface area contributed by atoms with Crippen LogP contribution in [0.3, 0.4) is 0 Å². The number of thiophene rings is 1. The lowest BCUT2D eigenvalue weighted by molar-refractivity contribution is 0.179. The zero-order chi connectivity index (χ0) is 13.1. The number of rotatable bonds is 9. The largest absolute Gasteiger partial charge is 0.314 e. The lowest BCUT2D eigenvalue weighted by Crippen LogP contribution is -2.35. The molecule has 2 aliphatic carbocycles. The maximum absolute atomic E-state index is 3.62. The normalized spacial score (nSPS) is 20.9. The van der Waals surface area contributed by atoms with Crippen LogP contribution >= 0.6 is 11.3 Å². The Morgan fingerprint density at radius 3 is 2.84 bits per heavy atom. The molecule has 2 aliphatic rings. The summed E-state index contributed by atoms with van der Waals surface area (Å²) in [7, 11) is 0. The Hall–Kier alpha value is -0.380. The van der Waals surface area contributed by atoms with Crippen molar-refractivity contribution >= 4 is 11.3 Å². The fraction of sp³-hybridized carbons (Fsp3) is 0.750. The van der Waals surface area contributed by atoms with Crippen LogP contribution in [0, 0.1) is 0 Å². The minimum atomic E-state index is 0.732. The highest BCUT2D eigenvalue weighted by Gasteiger charge is 2.32. The van der Waals surface area contributed by atoms with Crippen LogP contribution in [-0.2, 0) is 6.54 Å². The van der Waals surface area contributed by atoms with Gasteiger partial charge in [0, 0.05) is 29.5 Å². The molecule has 1 N–H and O–H groups in total. The molecule has 2 saturated carbocycles. The van der Waals surface area contributed by atoms with E-state index in [0.717, 1.165) is 18.1 Å². The van der Waals surface area contributed by atoms with Gasteiger partial charge in [-0.15, -0.1) is 11.3 Å². The Morgan fingerprint density at radius 1 is 1.37 bits per heavy atom. The lowest BCUT2D eigenvalue weighted by Gasteiger charge is -2.28. The minimum absolute atomic E-state index is 0.732. The van der Waals surface area contributed by atoms with E-state index in [4.69, 9.17) is 0 Å². The van der Waals surface area contributed by atoms with E-state index in [1.807, 2.05) is 11.3 Å². The predicted octanol–water partition coefficient (Wildman–Crippen LogP) is 3.63. The second-order valence-electron chi connectivity index (χ2n) is 6.20. The minimum Gasteiger partial charge on any atom is -0.314 e. The van der Waals surface area contributed by atoms with E-state index in [2.05, 4.69) is 34.7 Å². The fourth-order valence-electron chi connectivity index (χ4n) is 2.79. The first kappa shape index (κ1) is 13.6. The van der Waals surface area contributed by atoms with Gasteiger partial charge in [-0.25, -0.2) is 0 Å². The smallest absolute Gasteiger partial charge is 0.0333 e. The predicted molar refractivity (Wildman–Crippen MR) is 82.6 cm³/mol. The first-order valence-corrected chi connectivity index (χ1v) is 8.72. The lowest BCUT2D eigenvalue weighted by atomic mass is 10.1. The van der Waals surface area contributed by atoms with E-state index < -0.39 is 0 Å². The summed E-state index contributed by atoms with van der Waals surface area (Å²) >= 11 is 1.90. The SMILES string of the molecule is CC(CCCNC1CC1)N(Cc1cccs1)C1CC1. The van der Waals surface area contributed by atoms with Gasteiger partial charge in [0.15, 0.2) is 0 Å². The van der Waals surface area contributed by atoms with Gasteiger partial charge in [0.25, 0.3) is 0 Å². The fourth-order valence-corrected chi connectivity index (χ4v) is 3.50. The molecule has 1 heterocycles. The summed E-state index contributed by atoms with van der Waals surface area (Å²) in [6, 6.07) is 6.92. The van der Waals surface area contributed by atoms with Crippen LogP contribution in [0.1, 0.15) is 50.3 Å². The van der Waals surface area contributed by atoms with Crippen LogP contribution in [0.25, 0.3) is 0 Å². The first-order chi connectivity index (χ1) is 9.33. The number of hydrogen-bond donors (Lipinski definition) is 1. The van der Waals surface area contributed by atoms with Crippen molar-refractivity contribution in [2.45, 2.75) is 70.1 Å². The van der Waals surface area contributed by atoms with E-state index in [1.54, 1.807) is 0 Å². The topological polar surface area (TPSA) is 15.3 Å². The highest BCUT2D eigenvalue weighted by Crippen LogP contribution is 2.32. The van der Waals surface area contributed by atoms with Crippen LogP contribution in [0.4, 0.5) is 0 Å². The summed E-state index contributed by atoms with van der Waals surface area (Å²) in [5, 5.41) is 5.82. The van der Waals surface area contributed by atoms with Crippen molar-refractivity contribution in [3.63, 3.8) is 0 Å². The molecule has 1 unspecified atom stereocenters. The molecule has 0 aliphatic heterocycles. The summed E-state index contributed by atoms with van der Waals surface area (Å²) < 4.78 is 0. The van der Waals surface area contributed by atoms with Crippen LogP contribution in [0.5, 0.6) is 0 Å². The molecule has 3 heteroatoms. The number of nitrogens with zero attached hydrogens (tertiary/aromatic N) is 1. The van der Waals surface area contributed by atoms with Gasteiger partial charge in [-0.05, 0) is 63.4 Å². The number of nitrogens with one attached hydrogen (secondary N) is 1. The number of hydrogen-bond acceptors (Lipinski definition) is 3. The molecule has 3 rings (SSSR count). The third-order valence-electron chi connectivity index (χ3n) is 4.31. The van der Waals surface area contributed by atoms with E-state index in [-0.39, 0.29) is 0 Å². The van der Waals surface area contributed by atoms with Crippen molar-refractivity contribution in [2.24, 2.45) is 0 Å². The zero-order valence-corrected chi connectivity index (χ0v) is 12.8. The van der Waals surface area contributed by atoms with Crippen LogP contribution in [0.15, 0.2) is 17.5 Å².